The van der Waals surface area contributed by atoms with Crippen molar-refractivity contribution in [1.29, 1.82) is 0 Å². The average molecular weight is 213 g/mol. The maximum atomic E-state index is 13.1. The van der Waals surface area contributed by atoms with Crippen LogP contribution in [0, 0.1) is 12.7 Å². The van der Waals surface area contributed by atoms with Crippen molar-refractivity contribution in [2.45, 2.75) is 12.7 Å². The van der Waals surface area contributed by atoms with Crippen molar-refractivity contribution >= 4 is 0 Å². The van der Waals surface area contributed by atoms with E-state index in [9.17, 15) is 4.39 Å². The highest BCUT2D eigenvalue weighted by Gasteiger charge is 2.30. The van der Waals surface area contributed by atoms with Crippen LogP contribution in [0.3, 0.4) is 0 Å². The van der Waals surface area contributed by atoms with E-state index in [1.165, 1.54) is 20.3 Å². The number of halogens is 1. The van der Waals surface area contributed by atoms with Gasteiger partial charge in [-0.3, -0.25) is 0 Å². The summed E-state index contributed by atoms with van der Waals surface area (Å²) in [5.74, 6) is -1.24. The second kappa shape index (κ2) is 4.70. The molecule has 0 amide bonds. The lowest BCUT2D eigenvalue weighted by molar-refractivity contribution is -0.208. The lowest BCUT2D eigenvalue weighted by Gasteiger charge is -2.30. The number of rotatable bonds is 4. The molecule has 0 radical (unpaired) electrons. The van der Waals surface area contributed by atoms with Gasteiger partial charge < -0.3 is 15.2 Å². The third-order valence-electron chi connectivity index (χ3n) is 2.53. The first-order valence-electron chi connectivity index (χ1n) is 4.66. The highest BCUT2D eigenvalue weighted by Crippen LogP contribution is 2.26. The van der Waals surface area contributed by atoms with Gasteiger partial charge in [-0.15, -0.1) is 0 Å². The molecule has 4 heteroatoms. The van der Waals surface area contributed by atoms with Gasteiger partial charge in [0.25, 0.3) is 0 Å². The summed E-state index contributed by atoms with van der Waals surface area (Å²) in [5, 5.41) is 0. The normalized spacial score (nSPS) is 11.8. The number of hydrogen-bond acceptors (Lipinski definition) is 3. The van der Waals surface area contributed by atoms with Crippen molar-refractivity contribution in [3.8, 4) is 0 Å². The molecule has 0 spiro atoms. The van der Waals surface area contributed by atoms with E-state index in [1.807, 2.05) is 0 Å². The highest BCUT2D eigenvalue weighted by molar-refractivity contribution is 5.27. The summed E-state index contributed by atoms with van der Waals surface area (Å²) in [5.41, 5.74) is 6.86. The second-order valence-electron chi connectivity index (χ2n) is 3.33. The molecule has 0 aromatic heterocycles. The van der Waals surface area contributed by atoms with Gasteiger partial charge in [-0.05, 0) is 24.6 Å². The standard InChI is InChI=1S/C11H16FNO2/c1-8-6-9(4-5-10(8)12)11(7-13,14-2)15-3/h4-6H,7,13H2,1-3H3. The Morgan fingerprint density at radius 2 is 1.93 bits per heavy atom. The van der Waals surface area contributed by atoms with E-state index >= 15 is 0 Å². The Balaban J connectivity index is 3.17. The Morgan fingerprint density at radius 1 is 1.33 bits per heavy atom. The van der Waals surface area contributed by atoms with Crippen LogP contribution in [-0.4, -0.2) is 20.8 Å². The summed E-state index contributed by atoms with van der Waals surface area (Å²) in [6.07, 6.45) is 0. The first-order valence-corrected chi connectivity index (χ1v) is 4.66. The molecule has 0 aliphatic carbocycles. The molecular formula is C11H16FNO2. The van der Waals surface area contributed by atoms with Crippen LogP contribution in [-0.2, 0) is 15.3 Å². The van der Waals surface area contributed by atoms with Crippen molar-refractivity contribution in [3.63, 3.8) is 0 Å². The summed E-state index contributed by atoms with van der Waals surface area (Å²) in [4.78, 5) is 0. The number of hydrogen-bond donors (Lipinski definition) is 1. The van der Waals surface area contributed by atoms with Gasteiger partial charge in [0.15, 0.2) is 0 Å². The third kappa shape index (κ3) is 2.17. The molecule has 0 bridgehead atoms. The van der Waals surface area contributed by atoms with Gasteiger partial charge in [-0.2, -0.15) is 0 Å². The number of ether oxygens (including phenoxy) is 2. The number of methoxy groups -OCH3 is 2. The summed E-state index contributed by atoms with van der Waals surface area (Å²) < 4.78 is 23.6. The van der Waals surface area contributed by atoms with Crippen molar-refractivity contribution in [3.05, 3.63) is 35.1 Å². The molecule has 0 aliphatic heterocycles. The average Bonchev–Trinajstić information content (AvgIpc) is 2.26. The van der Waals surface area contributed by atoms with Crippen LogP contribution >= 0.6 is 0 Å². The van der Waals surface area contributed by atoms with Gasteiger partial charge in [-0.1, -0.05) is 6.07 Å². The van der Waals surface area contributed by atoms with Crippen LogP contribution in [0.4, 0.5) is 4.39 Å². The molecule has 2 N–H and O–H groups in total. The third-order valence-corrected chi connectivity index (χ3v) is 2.53. The molecule has 0 heterocycles. The van der Waals surface area contributed by atoms with Gasteiger partial charge in [0.05, 0.1) is 6.54 Å². The van der Waals surface area contributed by atoms with Crippen molar-refractivity contribution < 1.29 is 13.9 Å². The zero-order chi connectivity index (χ0) is 11.5. The molecule has 0 aliphatic rings. The molecule has 3 nitrogen and oxygen atoms in total. The second-order valence-corrected chi connectivity index (χ2v) is 3.33. The van der Waals surface area contributed by atoms with Crippen LogP contribution in [0.25, 0.3) is 0 Å². The number of aryl methyl sites for hydroxylation is 1. The highest BCUT2D eigenvalue weighted by atomic mass is 19.1. The van der Waals surface area contributed by atoms with Gasteiger partial charge in [0.1, 0.15) is 5.82 Å². The van der Waals surface area contributed by atoms with Gasteiger partial charge >= 0.3 is 0 Å². The molecule has 84 valence electrons. The van der Waals surface area contributed by atoms with E-state index in [4.69, 9.17) is 15.2 Å². The maximum Gasteiger partial charge on any atom is 0.207 e. The Labute approximate surface area is 89.0 Å². The monoisotopic (exact) mass is 213 g/mol. The van der Waals surface area contributed by atoms with Gasteiger partial charge in [-0.25, -0.2) is 4.39 Å². The Bertz CT molecular complexity index is 329. The fourth-order valence-electron chi connectivity index (χ4n) is 1.49. The SMILES string of the molecule is COC(CN)(OC)c1ccc(F)c(C)c1. The topological polar surface area (TPSA) is 44.5 Å². The summed E-state index contributed by atoms with van der Waals surface area (Å²) in [6.45, 7) is 1.86. The fraction of sp³-hybridized carbons (Fsp3) is 0.455. The van der Waals surface area contributed by atoms with Crippen LogP contribution in [0.2, 0.25) is 0 Å². The minimum atomic E-state index is -0.988. The van der Waals surface area contributed by atoms with E-state index in [1.54, 1.807) is 19.1 Å². The molecule has 0 unspecified atom stereocenters. The first-order chi connectivity index (χ1) is 7.09. The minimum Gasteiger partial charge on any atom is -0.348 e. The molecule has 0 saturated carbocycles. The van der Waals surface area contributed by atoms with Crippen LogP contribution in [0.15, 0.2) is 18.2 Å². The van der Waals surface area contributed by atoms with E-state index in [2.05, 4.69) is 0 Å². The molecule has 15 heavy (non-hydrogen) atoms. The number of benzene rings is 1. The Kier molecular flexibility index (Phi) is 3.79. The Morgan fingerprint density at radius 3 is 2.33 bits per heavy atom. The van der Waals surface area contributed by atoms with E-state index in [0.29, 0.717) is 11.1 Å². The lowest BCUT2D eigenvalue weighted by atomic mass is 10.0. The van der Waals surface area contributed by atoms with E-state index in [-0.39, 0.29) is 12.4 Å². The summed E-state index contributed by atoms with van der Waals surface area (Å²) >= 11 is 0. The smallest absolute Gasteiger partial charge is 0.207 e. The predicted octanol–water partition coefficient (Wildman–Crippen LogP) is 1.54. The minimum absolute atomic E-state index is 0.172. The van der Waals surface area contributed by atoms with Crippen LogP contribution < -0.4 is 5.73 Å². The number of nitrogens with two attached hydrogens (primary N) is 1. The summed E-state index contributed by atoms with van der Waals surface area (Å²) in [6, 6.07) is 4.67. The zero-order valence-corrected chi connectivity index (χ0v) is 9.21. The zero-order valence-electron chi connectivity index (χ0n) is 9.21. The van der Waals surface area contributed by atoms with E-state index in [0.717, 1.165) is 0 Å². The molecule has 1 rings (SSSR count). The van der Waals surface area contributed by atoms with Gasteiger partial charge in [0.2, 0.25) is 5.79 Å². The lowest BCUT2D eigenvalue weighted by Crippen LogP contribution is -2.39. The van der Waals surface area contributed by atoms with Crippen molar-refractivity contribution in [1.82, 2.24) is 0 Å². The molecular weight excluding hydrogens is 197 g/mol. The molecule has 1 aromatic carbocycles. The maximum absolute atomic E-state index is 13.1. The molecule has 0 fully saturated rings. The van der Waals surface area contributed by atoms with E-state index < -0.39 is 5.79 Å². The molecule has 0 atom stereocenters. The van der Waals surface area contributed by atoms with Crippen LogP contribution in [0.5, 0.6) is 0 Å². The first kappa shape index (κ1) is 12.1. The summed E-state index contributed by atoms with van der Waals surface area (Å²) in [7, 11) is 3.02. The van der Waals surface area contributed by atoms with Crippen LogP contribution in [0.1, 0.15) is 11.1 Å². The largest absolute Gasteiger partial charge is 0.348 e. The Hall–Kier alpha value is -0.970. The molecule has 1 aromatic rings. The predicted molar refractivity (Wildman–Crippen MR) is 55.9 cm³/mol. The van der Waals surface area contributed by atoms with Crippen molar-refractivity contribution in [2.75, 3.05) is 20.8 Å². The van der Waals surface area contributed by atoms with Gasteiger partial charge in [0, 0.05) is 19.8 Å². The quantitative estimate of drug-likeness (QED) is 0.771. The molecule has 0 saturated heterocycles. The fourth-order valence-corrected chi connectivity index (χ4v) is 1.49. The van der Waals surface area contributed by atoms with Crippen molar-refractivity contribution in [2.24, 2.45) is 5.73 Å².